The van der Waals surface area contributed by atoms with Crippen molar-refractivity contribution in [1.29, 1.82) is 0 Å². The molecule has 2 atom stereocenters. The van der Waals surface area contributed by atoms with Crippen molar-refractivity contribution in [3.05, 3.63) is 35.9 Å². The lowest BCUT2D eigenvalue weighted by molar-refractivity contribution is 0.379. The van der Waals surface area contributed by atoms with Gasteiger partial charge in [0, 0.05) is 18.5 Å². The van der Waals surface area contributed by atoms with Crippen molar-refractivity contribution in [2.45, 2.75) is 25.3 Å². The van der Waals surface area contributed by atoms with Crippen LogP contribution in [0.15, 0.2) is 30.3 Å². The number of aromatic nitrogens is 3. The van der Waals surface area contributed by atoms with Crippen molar-refractivity contribution >= 4 is 11.9 Å². The van der Waals surface area contributed by atoms with Gasteiger partial charge in [-0.25, -0.2) is 0 Å². The highest BCUT2D eigenvalue weighted by Crippen LogP contribution is 2.42. The predicted molar refractivity (Wildman–Crippen MR) is 81.8 cm³/mol. The lowest BCUT2D eigenvalue weighted by Crippen LogP contribution is -2.12. The highest BCUT2D eigenvalue weighted by atomic mass is 16.5. The first kappa shape index (κ1) is 13.6. The Balaban J connectivity index is 1.70. The molecule has 0 amide bonds. The Morgan fingerprint density at radius 3 is 2.62 bits per heavy atom. The van der Waals surface area contributed by atoms with Crippen molar-refractivity contribution in [3.63, 3.8) is 0 Å². The minimum Gasteiger partial charge on any atom is -0.467 e. The SMILES string of the molecule is CCNc1nc(NC2CC2c2ccccc2)nc(OC)n1. The summed E-state index contributed by atoms with van der Waals surface area (Å²) < 4.78 is 5.11. The second-order valence-corrected chi connectivity index (χ2v) is 5.00. The Bertz CT molecular complexity index is 604. The third kappa shape index (κ3) is 3.21. The molecule has 1 aliphatic carbocycles. The van der Waals surface area contributed by atoms with Crippen molar-refractivity contribution in [1.82, 2.24) is 15.0 Å². The summed E-state index contributed by atoms with van der Waals surface area (Å²) in [4.78, 5) is 12.8. The lowest BCUT2D eigenvalue weighted by atomic mass is 10.1. The molecule has 2 unspecified atom stereocenters. The number of rotatable bonds is 6. The molecule has 2 N–H and O–H groups in total. The molecule has 2 aromatic rings. The molecule has 3 rings (SSSR count). The molecule has 6 heteroatoms. The van der Waals surface area contributed by atoms with E-state index in [0.29, 0.717) is 29.9 Å². The van der Waals surface area contributed by atoms with Gasteiger partial charge in [-0.1, -0.05) is 30.3 Å². The summed E-state index contributed by atoms with van der Waals surface area (Å²) in [7, 11) is 1.55. The zero-order valence-corrected chi connectivity index (χ0v) is 12.2. The van der Waals surface area contributed by atoms with Crippen LogP contribution < -0.4 is 15.4 Å². The van der Waals surface area contributed by atoms with Crippen molar-refractivity contribution < 1.29 is 4.74 Å². The molecule has 6 nitrogen and oxygen atoms in total. The molecule has 1 aromatic carbocycles. The summed E-state index contributed by atoms with van der Waals surface area (Å²) in [5.41, 5.74) is 1.35. The van der Waals surface area contributed by atoms with E-state index in [2.05, 4.69) is 49.9 Å². The fourth-order valence-corrected chi connectivity index (χ4v) is 2.34. The van der Waals surface area contributed by atoms with Crippen LogP contribution in [0.2, 0.25) is 0 Å². The molecule has 0 spiro atoms. The standard InChI is InChI=1S/C15H19N5O/c1-3-16-13-18-14(20-15(19-13)21-2)17-12-9-11(12)10-7-5-4-6-8-10/h4-8,11-12H,3,9H2,1-2H3,(H2,16,17,18,19,20). The van der Waals surface area contributed by atoms with Gasteiger partial charge in [0.05, 0.1) is 7.11 Å². The van der Waals surface area contributed by atoms with Crippen LogP contribution in [0.25, 0.3) is 0 Å². The Kier molecular flexibility index (Phi) is 3.85. The van der Waals surface area contributed by atoms with Gasteiger partial charge < -0.3 is 15.4 Å². The third-order valence-corrected chi connectivity index (χ3v) is 3.47. The smallest absolute Gasteiger partial charge is 0.322 e. The van der Waals surface area contributed by atoms with E-state index < -0.39 is 0 Å². The fourth-order valence-electron chi connectivity index (χ4n) is 2.34. The predicted octanol–water partition coefficient (Wildman–Crippen LogP) is 2.28. The van der Waals surface area contributed by atoms with E-state index in [1.54, 1.807) is 7.11 Å². The van der Waals surface area contributed by atoms with Gasteiger partial charge in [-0.2, -0.15) is 15.0 Å². The first-order chi connectivity index (χ1) is 10.3. The van der Waals surface area contributed by atoms with Crippen molar-refractivity contribution in [2.75, 3.05) is 24.3 Å². The van der Waals surface area contributed by atoms with E-state index >= 15 is 0 Å². The Morgan fingerprint density at radius 2 is 1.90 bits per heavy atom. The number of nitrogens with zero attached hydrogens (tertiary/aromatic N) is 3. The number of benzene rings is 1. The van der Waals surface area contributed by atoms with Crippen LogP contribution >= 0.6 is 0 Å². The molecule has 1 heterocycles. The molecule has 0 aliphatic heterocycles. The molecule has 0 saturated heterocycles. The summed E-state index contributed by atoms with van der Waals surface area (Å²) >= 11 is 0. The van der Waals surface area contributed by atoms with E-state index in [9.17, 15) is 0 Å². The zero-order chi connectivity index (χ0) is 14.7. The van der Waals surface area contributed by atoms with Gasteiger partial charge in [-0.3, -0.25) is 0 Å². The van der Waals surface area contributed by atoms with Gasteiger partial charge in [0.1, 0.15) is 0 Å². The average Bonchev–Trinajstić information content (AvgIpc) is 3.27. The maximum absolute atomic E-state index is 5.11. The summed E-state index contributed by atoms with van der Waals surface area (Å²) in [6, 6.07) is 11.2. The highest BCUT2D eigenvalue weighted by Gasteiger charge is 2.38. The lowest BCUT2D eigenvalue weighted by Gasteiger charge is -2.08. The van der Waals surface area contributed by atoms with Crippen LogP contribution in [0, 0.1) is 0 Å². The maximum atomic E-state index is 5.11. The van der Waals surface area contributed by atoms with E-state index in [1.165, 1.54) is 5.56 Å². The number of anilines is 2. The number of nitrogens with one attached hydrogen (secondary N) is 2. The summed E-state index contributed by atoms with van der Waals surface area (Å²) in [5.74, 6) is 1.61. The van der Waals surface area contributed by atoms with Gasteiger partial charge in [0.15, 0.2) is 0 Å². The molecule has 110 valence electrons. The zero-order valence-electron chi connectivity index (χ0n) is 12.2. The summed E-state index contributed by atoms with van der Waals surface area (Å²) in [6.45, 7) is 2.75. The van der Waals surface area contributed by atoms with E-state index in [4.69, 9.17) is 4.74 Å². The monoisotopic (exact) mass is 285 g/mol. The maximum Gasteiger partial charge on any atom is 0.322 e. The average molecular weight is 285 g/mol. The largest absolute Gasteiger partial charge is 0.467 e. The first-order valence-electron chi connectivity index (χ1n) is 7.15. The van der Waals surface area contributed by atoms with E-state index in [1.807, 2.05) is 13.0 Å². The number of hydrogen-bond donors (Lipinski definition) is 2. The van der Waals surface area contributed by atoms with E-state index in [0.717, 1.165) is 13.0 Å². The quantitative estimate of drug-likeness (QED) is 0.848. The van der Waals surface area contributed by atoms with E-state index in [-0.39, 0.29) is 0 Å². The molecule has 1 fully saturated rings. The Hall–Kier alpha value is -2.37. The van der Waals surface area contributed by atoms with Crippen LogP contribution in [0.4, 0.5) is 11.9 Å². The van der Waals surface area contributed by atoms with Crippen LogP contribution in [0.3, 0.4) is 0 Å². The summed E-state index contributed by atoms with van der Waals surface area (Å²) in [5, 5.41) is 6.43. The highest BCUT2D eigenvalue weighted by molar-refractivity contribution is 5.41. The van der Waals surface area contributed by atoms with Gasteiger partial charge >= 0.3 is 6.01 Å². The van der Waals surface area contributed by atoms with Crippen LogP contribution in [0.1, 0.15) is 24.8 Å². The van der Waals surface area contributed by atoms with Gasteiger partial charge in [0.2, 0.25) is 11.9 Å². The van der Waals surface area contributed by atoms with Crippen LogP contribution in [-0.2, 0) is 0 Å². The normalized spacial score (nSPS) is 19.9. The third-order valence-electron chi connectivity index (χ3n) is 3.47. The van der Waals surface area contributed by atoms with Gasteiger partial charge in [-0.15, -0.1) is 0 Å². The molecule has 0 bridgehead atoms. The Labute approximate surface area is 124 Å². The van der Waals surface area contributed by atoms with Crippen molar-refractivity contribution in [3.8, 4) is 6.01 Å². The fraction of sp³-hybridized carbons (Fsp3) is 0.400. The van der Waals surface area contributed by atoms with Crippen LogP contribution in [0.5, 0.6) is 6.01 Å². The summed E-state index contributed by atoms with van der Waals surface area (Å²) in [6.07, 6.45) is 1.09. The minimum atomic E-state index is 0.320. The minimum absolute atomic E-state index is 0.320. The molecule has 1 aromatic heterocycles. The molecule has 1 aliphatic rings. The molecule has 0 radical (unpaired) electrons. The first-order valence-corrected chi connectivity index (χ1v) is 7.15. The van der Waals surface area contributed by atoms with Gasteiger partial charge in [-0.05, 0) is 18.9 Å². The molecule has 21 heavy (non-hydrogen) atoms. The Morgan fingerprint density at radius 1 is 1.14 bits per heavy atom. The second-order valence-electron chi connectivity index (χ2n) is 5.00. The molecular weight excluding hydrogens is 266 g/mol. The number of methoxy groups -OCH3 is 1. The van der Waals surface area contributed by atoms with Crippen molar-refractivity contribution in [2.24, 2.45) is 0 Å². The number of ether oxygens (including phenoxy) is 1. The van der Waals surface area contributed by atoms with Crippen LogP contribution in [-0.4, -0.2) is 34.6 Å². The molecule has 1 saturated carbocycles. The number of hydrogen-bond acceptors (Lipinski definition) is 6. The topological polar surface area (TPSA) is 72.0 Å². The second kappa shape index (κ2) is 5.95. The van der Waals surface area contributed by atoms with Gasteiger partial charge in [0.25, 0.3) is 0 Å². The molecular formula is C15H19N5O.